The Morgan fingerprint density at radius 1 is 1.35 bits per heavy atom. The van der Waals surface area contributed by atoms with Crippen LogP contribution in [0.2, 0.25) is 0 Å². The van der Waals surface area contributed by atoms with Crippen molar-refractivity contribution in [3.8, 4) is 0 Å². The first-order chi connectivity index (χ1) is 8.11. The standard InChI is InChI=1S/C14H18N2O/c1-9(2)11-4-5-13(12(7-11)8-17)14-6-10(3)15-16-14/h4-7,9,14,17H,8H2,1-3H3. The van der Waals surface area contributed by atoms with Gasteiger partial charge in [0.2, 0.25) is 0 Å². The second-order valence-corrected chi connectivity index (χ2v) is 4.74. The summed E-state index contributed by atoms with van der Waals surface area (Å²) in [4.78, 5) is 0. The van der Waals surface area contributed by atoms with Crippen LogP contribution in [0.3, 0.4) is 0 Å². The van der Waals surface area contributed by atoms with E-state index in [4.69, 9.17) is 0 Å². The lowest BCUT2D eigenvalue weighted by atomic mass is 9.94. The fourth-order valence-electron chi connectivity index (χ4n) is 2.01. The summed E-state index contributed by atoms with van der Waals surface area (Å²) < 4.78 is 0. The Bertz CT molecular complexity index is 475. The van der Waals surface area contributed by atoms with E-state index in [0.717, 1.165) is 16.8 Å². The van der Waals surface area contributed by atoms with E-state index in [2.05, 4.69) is 42.3 Å². The van der Waals surface area contributed by atoms with Gasteiger partial charge in [0.05, 0.1) is 12.3 Å². The SMILES string of the molecule is CC1=CC(c2ccc(C(C)C)cc2CO)N=N1. The lowest BCUT2D eigenvalue weighted by molar-refractivity contribution is 0.280. The molecule has 0 aliphatic carbocycles. The molecule has 0 saturated heterocycles. The van der Waals surface area contributed by atoms with Crippen molar-refractivity contribution in [2.45, 2.75) is 39.3 Å². The molecule has 0 fully saturated rings. The highest BCUT2D eigenvalue weighted by Gasteiger charge is 2.16. The maximum Gasteiger partial charge on any atom is 0.117 e. The number of aliphatic hydroxyl groups excluding tert-OH is 1. The van der Waals surface area contributed by atoms with Crippen molar-refractivity contribution in [3.63, 3.8) is 0 Å². The zero-order valence-corrected chi connectivity index (χ0v) is 10.5. The van der Waals surface area contributed by atoms with Gasteiger partial charge >= 0.3 is 0 Å². The molecule has 1 aromatic carbocycles. The van der Waals surface area contributed by atoms with Crippen LogP contribution in [0, 0.1) is 0 Å². The topological polar surface area (TPSA) is 45.0 Å². The predicted octanol–water partition coefficient (Wildman–Crippen LogP) is 3.71. The number of azo groups is 1. The van der Waals surface area contributed by atoms with Crippen LogP contribution in [0.5, 0.6) is 0 Å². The molecule has 1 aliphatic heterocycles. The number of aliphatic hydroxyl groups is 1. The van der Waals surface area contributed by atoms with E-state index in [-0.39, 0.29) is 12.6 Å². The lowest BCUT2D eigenvalue weighted by Gasteiger charge is -2.13. The molecule has 2 rings (SSSR count). The van der Waals surface area contributed by atoms with Gasteiger partial charge in [0.1, 0.15) is 6.04 Å². The summed E-state index contributed by atoms with van der Waals surface area (Å²) in [6, 6.07) is 6.20. The average Bonchev–Trinajstić information content (AvgIpc) is 2.74. The second-order valence-electron chi connectivity index (χ2n) is 4.74. The van der Waals surface area contributed by atoms with Crippen LogP contribution in [0.15, 0.2) is 40.2 Å². The maximum absolute atomic E-state index is 9.46. The van der Waals surface area contributed by atoms with Gasteiger partial charge in [0.15, 0.2) is 0 Å². The number of hydrogen-bond donors (Lipinski definition) is 1. The van der Waals surface area contributed by atoms with E-state index in [0.29, 0.717) is 5.92 Å². The average molecular weight is 230 g/mol. The van der Waals surface area contributed by atoms with Crippen LogP contribution >= 0.6 is 0 Å². The van der Waals surface area contributed by atoms with Crippen LogP contribution in [0.1, 0.15) is 49.4 Å². The summed E-state index contributed by atoms with van der Waals surface area (Å²) in [7, 11) is 0. The smallest absolute Gasteiger partial charge is 0.117 e. The minimum Gasteiger partial charge on any atom is -0.392 e. The van der Waals surface area contributed by atoms with Gasteiger partial charge in [-0.3, -0.25) is 0 Å². The van der Waals surface area contributed by atoms with Crippen molar-refractivity contribution in [1.29, 1.82) is 0 Å². The Balaban J connectivity index is 2.38. The van der Waals surface area contributed by atoms with Crippen LogP contribution < -0.4 is 0 Å². The van der Waals surface area contributed by atoms with E-state index in [9.17, 15) is 5.11 Å². The molecular formula is C14H18N2O. The lowest BCUT2D eigenvalue weighted by Crippen LogP contribution is -2.00. The van der Waals surface area contributed by atoms with Crippen molar-refractivity contribution < 1.29 is 5.11 Å². The van der Waals surface area contributed by atoms with Crippen molar-refractivity contribution >= 4 is 0 Å². The summed E-state index contributed by atoms with van der Waals surface area (Å²) >= 11 is 0. The van der Waals surface area contributed by atoms with Gasteiger partial charge in [0, 0.05) is 0 Å². The molecule has 0 saturated carbocycles. The molecule has 1 aliphatic rings. The highest BCUT2D eigenvalue weighted by atomic mass is 16.3. The van der Waals surface area contributed by atoms with Gasteiger partial charge in [-0.1, -0.05) is 32.0 Å². The van der Waals surface area contributed by atoms with E-state index in [1.807, 2.05) is 13.0 Å². The Kier molecular flexibility index (Phi) is 3.38. The summed E-state index contributed by atoms with van der Waals surface area (Å²) in [5, 5.41) is 17.7. The molecule has 3 nitrogen and oxygen atoms in total. The molecule has 90 valence electrons. The van der Waals surface area contributed by atoms with Gasteiger partial charge in [-0.05, 0) is 35.6 Å². The highest BCUT2D eigenvalue weighted by molar-refractivity contribution is 5.38. The quantitative estimate of drug-likeness (QED) is 0.845. The molecule has 0 bridgehead atoms. The summed E-state index contributed by atoms with van der Waals surface area (Å²) in [6.07, 6.45) is 2.02. The largest absolute Gasteiger partial charge is 0.392 e. The molecule has 1 N–H and O–H groups in total. The van der Waals surface area contributed by atoms with Crippen LogP contribution in [-0.4, -0.2) is 5.11 Å². The van der Waals surface area contributed by atoms with Gasteiger partial charge in [-0.15, -0.1) is 0 Å². The van der Waals surface area contributed by atoms with Gasteiger partial charge in [-0.2, -0.15) is 10.2 Å². The molecule has 0 amide bonds. The predicted molar refractivity (Wildman–Crippen MR) is 67.8 cm³/mol. The first kappa shape index (κ1) is 12.0. The monoisotopic (exact) mass is 230 g/mol. The third-order valence-corrected chi connectivity index (χ3v) is 3.06. The summed E-state index contributed by atoms with van der Waals surface area (Å²) in [5.74, 6) is 0.469. The third-order valence-electron chi connectivity index (χ3n) is 3.06. The van der Waals surface area contributed by atoms with Crippen molar-refractivity contribution in [3.05, 3.63) is 46.7 Å². The molecule has 1 aromatic rings. The van der Waals surface area contributed by atoms with Crippen LogP contribution in [-0.2, 0) is 6.61 Å². The van der Waals surface area contributed by atoms with Crippen LogP contribution in [0.4, 0.5) is 0 Å². The molecule has 1 atom stereocenters. The number of benzene rings is 1. The van der Waals surface area contributed by atoms with E-state index < -0.39 is 0 Å². The first-order valence-electron chi connectivity index (χ1n) is 5.94. The van der Waals surface area contributed by atoms with Crippen LogP contribution in [0.25, 0.3) is 0 Å². The Morgan fingerprint density at radius 2 is 2.12 bits per heavy atom. The Morgan fingerprint density at radius 3 is 2.65 bits per heavy atom. The zero-order valence-electron chi connectivity index (χ0n) is 10.5. The van der Waals surface area contributed by atoms with E-state index >= 15 is 0 Å². The number of allylic oxidation sites excluding steroid dienone is 1. The third kappa shape index (κ3) is 2.44. The molecule has 0 radical (unpaired) electrons. The molecular weight excluding hydrogens is 212 g/mol. The summed E-state index contributed by atoms with van der Waals surface area (Å²) in [5.41, 5.74) is 4.18. The molecule has 17 heavy (non-hydrogen) atoms. The highest BCUT2D eigenvalue weighted by Crippen LogP contribution is 2.31. The molecule has 1 heterocycles. The Labute approximate surface area is 102 Å². The van der Waals surface area contributed by atoms with Gasteiger partial charge in [0.25, 0.3) is 0 Å². The molecule has 3 heteroatoms. The summed E-state index contributed by atoms with van der Waals surface area (Å²) in [6.45, 7) is 6.28. The Hall–Kier alpha value is -1.48. The van der Waals surface area contributed by atoms with Crippen molar-refractivity contribution in [1.82, 2.24) is 0 Å². The fraction of sp³-hybridized carbons (Fsp3) is 0.429. The minimum atomic E-state index is -0.0293. The minimum absolute atomic E-state index is 0.0293. The number of nitrogens with zero attached hydrogens (tertiary/aromatic N) is 2. The maximum atomic E-state index is 9.46. The number of rotatable bonds is 3. The van der Waals surface area contributed by atoms with Crippen molar-refractivity contribution in [2.75, 3.05) is 0 Å². The second kappa shape index (κ2) is 4.80. The molecule has 0 spiro atoms. The fourth-order valence-corrected chi connectivity index (χ4v) is 2.01. The molecule has 1 unspecified atom stereocenters. The van der Waals surface area contributed by atoms with Gasteiger partial charge in [-0.25, -0.2) is 0 Å². The normalized spacial score (nSPS) is 18.9. The van der Waals surface area contributed by atoms with E-state index in [1.54, 1.807) is 0 Å². The number of hydrogen-bond acceptors (Lipinski definition) is 3. The zero-order chi connectivity index (χ0) is 12.4. The first-order valence-corrected chi connectivity index (χ1v) is 5.94. The molecule has 0 aromatic heterocycles. The van der Waals surface area contributed by atoms with Gasteiger partial charge < -0.3 is 5.11 Å². The van der Waals surface area contributed by atoms with E-state index in [1.165, 1.54) is 5.56 Å². The van der Waals surface area contributed by atoms with Crippen molar-refractivity contribution in [2.24, 2.45) is 10.2 Å².